The number of amides is 1. The number of nitrogens with one attached hydrogen (secondary N) is 1. The number of hydrogen-bond donors (Lipinski definition) is 1. The molecule has 1 amide bonds. The topological polar surface area (TPSA) is 38.3 Å². The van der Waals surface area contributed by atoms with Gasteiger partial charge in [-0.15, -0.1) is 0 Å². The minimum absolute atomic E-state index is 0.0272. The molecule has 0 saturated carbocycles. The number of carbonyl (C=O) groups excluding carboxylic acids is 1. The molecule has 3 heteroatoms. The summed E-state index contributed by atoms with van der Waals surface area (Å²) in [6, 6.07) is 10.7. The van der Waals surface area contributed by atoms with E-state index in [2.05, 4.69) is 64.2 Å². The smallest absolute Gasteiger partial charge is 0.256 e. The maximum Gasteiger partial charge on any atom is 0.256 e. The highest BCUT2D eigenvalue weighted by atomic mass is 16.5. The molecule has 2 aromatic rings. The lowest BCUT2D eigenvalue weighted by molar-refractivity contribution is -0.110. The molecule has 1 aliphatic heterocycles. The van der Waals surface area contributed by atoms with Gasteiger partial charge in [-0.05, 0) is 77.3 Å². The predicted molar refractivity (Wildman–Crippen MR) is 123 cm³/mol. The zero-order valence-electron chi connectivity index (χ0n) is 18.6. The Morgan fingerprint density at radius 1 is 1.03 bits per heavy atom. The molecule has 1 aliphatic rings. The maximum atomic E-state index is 12.7. The van der Waals surface area contributed by atoms with Gasteiger partial charge in [-0.1, -0.05) is 47.1 Å². The lowest BCUT2D eigenvalue weighted by Gasteiger charge is -2.19. The molecule has 0 bridgehead atoms. The van der Waals surface area contributed by atoms with Crippen molar-refractivity contribution in [1.29, 1.82) is 0 Å². The lowest BCUT2D eigenvalue weighted by Crippen LogP contribution is -2.04. The number of methoxy groups -OCH3 is 1. The standard InChI is InChI=1S/C26H33NO2/c1-7-8-9-18-10-11-24-22(12-18)23(26(28)27-24)15-19-13-20(16(2)3)25(29-6)21(14-19)17(4)5/h10-17H,7-9H2,1-6H3,(H,27,28). The molecule has 3 rings (SSSR count). The van der Waals surface area contributed by atoms with Crippen LogP contribution in [0.5, 0.6) is 5.75 Å². The van der Waals surface area contributed by atoms with Gasteiger partial charge in [0.15, 0.2) is 0 Å². The van der Waals surface area contributed by atoms with Crippen LogP contribution in [0, 0.1) is 0 Å². The number of carbonyl (C=O) groups is 1. The highest BCUT2D eigenvalue weighted by Crippen LogP contribution is 2.38. The fourth-order valence-corrected chi connectivity index (χ4v) is 3.96. The molecule has 0 saturated heterocycles. The number of anilines is 1. The monoisotopic (exact) mass is 391 g/mol. The maximum absolute atomic E-state index is 12.7. The Balaban J connectivity index is 2.10. The molecule has 0 unspecified atom stereocenters. The van der Waals surface area contributed by atoms with Crippen LogP contribution < -0.4 is 10.1 Å². The molecule has 0 radical (unpaired) electrons. The largest absolute Gasteiger partial charge is 0.496 e. The van der Waals surface area contributed by atoms with Crippen LogP contribution in [0.25, 0.3) is 11.6 Å². The van der Waals surface area contributed by atoms with Gasteiger partial charge in [0.25, 0.3) is 5.91 Å². The lowest BCUT2D eigenvalue weighted by atomic mass is 9.90. The fourth-order valence-electron chi connectivity index (χ4n) is 3.96. The number of rotatable bonds is 7. The molecule has 2 aromatic carbocycles. The molecule has 0 atom stereocenters. The Morgan fingerprint density at radius 2 is 1.69 bits per heavy atom. The number of ether oxygens (including phenoxy) is 1. The van der Waals surface area contributed by atoms with Gasteiger partial charge in [0.05, 0.1) is 7.11 Å². The highest BCUT2D eigenvalue weighted by molar-refractivity contribution is 6.35. The summed E-state index contributed by atoms with van der Waals surface area (Å²) in [4.78, 5) is 12.7. The summed E-state index contributed by atoms with van der Waals surface area (Å²) in [7, 11) is 1.74. The van der Waals surface area contributed by atoms with E-state index in [1.54, 1.807) is 7.11 Å². The number of hydrogen-bond acceptors (Lipinski definition) is 2. The van der Waals surface area contributed by atoms with Crippen molar-refractivity contribution in [1.82, 2.24) is 0 Å². The second kappa shape index (κ2) is 8.86. The summed E-state index contributed by atoms with van der Waals surface area (Å²) in [5.41, 5.74) is 7.36. The Morgan fingerprint density at radius 3 is 2.24 bits per heavy atom. The molecule has 0 fully saturated rings. The van der Waals surface area contributed by atoms with Crippen LogP contribution in [0.1, 0.15) is 87.1 Å². The number of aryl methyl sites for hydroxylation is 1. The minimum Gasteiger partial charge on any atom is -0.496 e. The first-order valence-electron chi connectivity index (χ1n) is 10.7. The third-order valence-corrected chi connectivity index (χ3v) is 5.61. The summed E-state index contributed by atoms with van der Waals surface area (Å²) in [6.45, 7) is 10.9. The summed E-state index contributed by atoms with van der Waals surface area (Å²) < 4.78 is 5.75. The first kappa shape index (κ1) is 21.2. The zero-order chi connectivity index (χ0) is 21.1. The Kier molecular flexibility index (Phi) is 6.46. The summed E-state index contributed by atoms with van der Waals surface area (Å²) in [6.07, 6.45) is 5.40. The van der Waals surface area contributed by atoms with Crippen molar-refractivity contribution in [3.05, 3.63) is 58.1 Å². The number of unbranched alkanes of at least 4 members (excludes halogenated alkanes) is 1. The van der Waals surface area contributed by atoms with Gasteiger partial charge >= 0.3 is 0 Å². The summed E-state index contributed by atoms with van der Waals surface area (Å²) in [5.74, 6) is 1.62. The zero-order valence-corrected chi connectivity index (χ0v) is 18.6. The van der Waals surface area contributed by atoms with E-state index >= 15 is 0 Å². The highest BCUT2D eigenvalue weighted by Gasteiger charge is 2.25. The van der Waals surface area contributed by atoms with E-state index in [9.17, 15) is 4.79 Å². The molecule has 0 spiro atoms. The van der Waals surface area contributed by atoms with Crippen LogP contribution in [-0.4, -0.2) is 13.0 Å². The molecular formula is C26H33NO2. The van der Waals surface area contributed by atoms with Crippen LogP contribution in [0.2, 0.25) is 0 Å². The van der Waals surface area contributed by atoms with Crippen LogP contribution in [0.3, 0.4) is 0 Å². The molecule has 1 N–H and O–H groups in total. The fraction of sp³-hybridized carbons (Fsp3) is 0.423. The molecule has 29 heavy (non-hydrogen) atoms. The van der Waals surface area contributed by atoms with E-state index in [1.165, 1.54) is 23.1 Å². The van der Waals surface area contributed by atoms with Gasteiger partial charge in [-0.2, -0.15) is 0 Å². The molecule has 3 nitrogen and oxygen atoms in total. The van der Waals surface area contributed by atoms with E-state index in [-0.39, 0.29) is 5.91 Å². The van der Waals surface area contributed by atoms with Crippen molar-refractivity contribution < 1.29 is 9.53 Å². The van der Waals surface area contributed by atoms with E-state index in [4.69, 9.17) is 4.74 Å². The molecule has 1 heterocycles. The average Bonchev–Trinajstić information content (AvgIpc) is 3.00. The van der Waals surface area contributed by atoms with Crippen molar-refractivity contribution >= 4 is 23.2 Å². The van der Waals surface area contributed by atoms with E-state index in [0.717, 1.165) is 41.0 Å². The van der Waals surface area contributed by atoms with Crippen molar-refractivity contribution in [2.24, 2.45) is 0 Å². The van der Waals surface area contributed by atoms with Gasteiger partial charge in [0, 0.05) is 16.8 Å². The van der Waals surface area contributed by atoms with E-state index < -0.39 is 0 Å². The van der Waals surface area contributed by atoms with Gasteiger partial charge < -0.3 is 10.1 Å². The normalized spacial score (nSPS) is 14.6. The Hall–Kier alpha value is -2.55. The van der Waals surface area contributed by atoms with E-state index in [0.29, 0.717) is 11.8 Å². The van der Waals surface area contributed by atoms with Crippen molar-refractivity contribution in [3.8, 4) is 5.75 Å². The third kappa shape index (κ3) is 4.39. The minimum atomic E-state index is -0.0272. The Bertz CT molecular complexity index is 909. The van der Waals surface area contributed by atoms with Gasteiger partial charge in [-0.25, -0.2) is 0 Å². The molecule has 0 aromatic heterocycles. The first-order valence-corrected chi connectivity index (χ1v) is 10.7. The van der Waals surface area contributed by atoms with Gasteiger partial charge in [0.1, 0.15) is 5.75 Å². The summed E-state index contributed by atoms with van der Waals surface area (Å²) >= 11 is 0. The summed E-state index contributed by atoms with van der Waals surface area (Å²) in [5, 5.41) is 3.02. The second-order valence-electron chi connectivity index (χ2n) is 8.54. The first-order chi connectivity index (χ1) is 13.8. The molecular weight excluding hydrogens is 358 g/mol. The number of fused-ring (bicyclic) bond motifs is 1. The van der Waals surface area contributed by atoms with Crippen molar-refractivity contribution in [2.45, 2.75) is 65.7 Å². The van der Waals surface area contributed by atoms with Crippen molar-refractivity contribution in [3.63, 3.8) is 0 Å². The van der Waals surface area contributed by atoms with Crippen LogP contribution in [0.4, 0.5) is 5.69 Å². The van der Waals surface area contributed by atoms with Gasteiger partial charge in [0.2, 0.25) is 0 Å². The predicted octanol–water partition coefficient (Wildman–Crippen LogP) is 6.78. The van der Waals surface area contributed by atoms with E-state index in [1.807, 2.05) is 12.1 Å². The van der Waals surface area contributed by atoms with Crippen LogP contribution >= 0.6 is 0 Å². The third-order valence-electron chi connectivity index (χ3n) is 5.61. The van der Waals surface area contributed by atoms with Gasteiger partial charge in [-0.3, -0.25) is 4.79 Å². The molecule has 154 valence electrons. The average molecular weight is 392 g/mol. The quantitative estimate of drug-likeness (QED) is 0.528. The van der Waals surface area contributed by atoms with Crippen molar-refractivity contribution in [2.75, 3.05) is 12.4 Å². The number of benzene rings is 2. The second-order valence-corrected chi connectivity index (χ2v) is 8.54. The van der Waals surface area contributed by atoms with Crippen LogP contribution in [-0.2, 0) is 11.2 Å². The van der Waals surface area contributed by atoms with Crippen LogP contribution in [0.15, 0.2) is 30.3 Å². The molecule has 0 aliphatic carbocycles. The SMILES string of the molecule is CCCCc1ccc2c(c1)C(=Cc1cc(C(C)C)c(OC)c(C(C)C)c1)C(=O)N2. The Labute approximate surface area is 175 Å².